The van der Waals surface area contributed by atoms with E-state index in [1.54, 1.807) is 6.20 Å². The van der Waals surface area contributed by atoms with E-state index in [2.05, 4.69) is 19.9 Å². The summed E-state index contributed by atoms with van der Waals surface area (Å²) in [5.41, 5.74) is 0.700. The number of morpholine rings is 1. The maximum atomic E-state index is 13.1. The molecule has 8 nitrogen and oxygen atoms in total. The number of aromatic nitrogens is 3. The van der Waals surface area contributed by atoms with Crippen molar-refractivity contribution in [2.45, 2.75) is 37.6 Å². The molecular formula is C21H24F4N4O4. The predicted octanol–water partition coefficient (Wildman–Crippen LogP) is 3.24. The minimum atomic E-state index is -5.08. The van der Waals surface area contributed by atoms with Crippen LogP contribution in [-0.4, -0.2) is 64.1 Å². The number of aliphatic carboxylic acids is 1. The summed E-state index contributed by atoms with van der Waals surface area (Å²) in [6.45, 7) is 3.22. The molecule has 0 bridgehead atoms. The van der Waals surface area contributed by atoms with Crippen molar-refractivity contribution in [3.05, 3.63) is 48.3 Å². The zero-order valence-corrected chi connectivity index (χ0v) is 17.7. The van der Waals surface area contributed by atoms with E-state index in [1.807, 2.05) is 18.2 Å². The van der Waals surface area contributed by atoms with E-state index in [4.69, 9.17) is 19.4 Å². The van der Waals surface area contributed by atoms with Crippen LogP contribution < -0.4 is 4.90 Å². The largest absolute Gasteiger partial charge is 0.490 e. The van der Waals surface area contributed by atoms with Crippen molar-refractivity contribution in [1.82, 2.24) is 15.0 Å². The highest BCUT2D eigenvalue weighted by Crippen LogP contribution is 2.41. The molecule has 2 atom stereocenters. The van der Waals surface area contributed by atoms with Crippen molar-refractivity contribution in [3.63, 3.8) is 0 Å². The van der Waals surface area contributed by atoms with Gasteiger partial charge in [0.1, 0.15) is 0 Å². The molecule has 0 radical (unpaired) electrons. The van der Waals surface area contributed by atoms with Crippen molar-refractivity contribution >= 4 is 11.9 Å². The van der Waals surface area contributed by atoms with Gasteiger partial charge in [-0.25, -0.2) is 19.2 Å². The number of carboxylic acid groups (broad SMARTS) is 1. The smallest absolute Gasteiger partial charge is 0.475 e. The molecule has 2 aliphatic rings. The number of ether oxygens (including phenoxy) is 2. The first-order chi connectivity index (χ1) is 15.7. The summed E-state index contributed by atoms with van der Waals surface area (Å²) in [6, 6.07) is 5.83. The Labute approximate surface area is 187 Å². The highest BCUT2D eigenvalue weighted by molar-refractivity contribution is 5.73. The molecule has 12 heteroatoms. The zero-order chi connectivity index (χ0) is 23.9. The van der Waals surface area contributed by atoms with Gasteiger partial charge in [0.25, 0.3) is 0 Å². The molecular weight excluding hydrogens is 448 g/mol. The molecule has 1 saturated heterocycles. The second-order valence-electron chi connectivity index (χ2n) is 7.76. The van der Waals surface area contributed by atoms with E-state index in [-0.39, 0.29) is 5.60 Å². The van der Waals surface area contributed by atoms with Crippen LogP contribution in [0.5, 0.6) is 0 Å². The third kappa shape index (κ3) is 6.81. The molecule has 1 spiro atoms. The first-order valence-electron chi connectivity index (χ1n) is 10.3. The first-order valence-corrected chi connectivity index (χ1v) is 10.3. The number of pyridine rings is 1. The average molecular weight is 472 g/mol. The van der Waals surface area contributed by atoms with Crippen LogP contribution >= 0.6 is 0 Å². The van der Waals surface area contributed by atoms with E-state index in [0.29, 0.717) is 31.7 Å². The lowest BCUT2D eigenvalue weighted by atomic mass is 9.89. The lowest BCUT2D eigenvalue weighted by molar-refractivity contribution is -0.192. The minimum Gasteiger partial charge on any atom is -0.475 e. The summed E-state index contributed by atoms with van der Waals surface area (Å²) in [5, 5.41) is 7.12. The summed E-state index contributed by atoms with van der Waals surface area (Å²) in [7, 11) is 0. The van der Waals surface area contributed by atoms with Gasteiger partial charge in [-0.15, -0.1) is 0 Å². The molecule has 1 saturated carbocycles. The number of nitrogens with zero attached hydrogens (tertiary/aromatic N) is 4. The standard InChI is InChI=1S/C19H23FN4O2.C2HF3O2/c20-16-10-22-18(23-11-16)24-8-9-26-19(14-24)6-3-4-15(19)12-25-13-17-5-1-2-7-21-17;3-2(4,5)1(6)7/h1-2,5,7,10-11,15H,3-4,6,8-9,12-14H2;(H,6,7)/t15-,19+;/m0./s1. The number of anilines is 1. The fraction of sp³-hybridized carbons (Fsp3) is 0.524. The van der Waals surface area contributed by atoms with E-state index < -0.39 is 18.0 Å². The van der Waals surface area contributed by atoms with Crippen LogP contribution in [0.2, 0.25) is 0 Å². The van der Waals surface area contributed by atoms with Crippen LogP contribution in [0.4, 0.5) is 23.5 Å². The topological polar surface area (TPSA) is 97.7 Å². The highest BCUT2D eigenvalue weighted by atomic mass is 19.4. The molecule has 1 aliphatic carbocycles. The van der Waals surface area contributed by atoms with Crippen LogP contribution in [0, 0.1) is 11.7 Å². The van der Waals surface area contributed by atoms with Gasteiger partial charge in [0.05, 0.1) is 50.1 Å². The van der Waals surface area contributed by atoms with Crippen LogP contribution in [0.15, 0.2) is 36.8 Å². The Morgan fingerprint density at radius 2 is 2.00 bits per heavy atom. The molecule has 3 heterocycles. The van der Waals surface area contributed by atoms with Gasteiger partial charge in [-0.05, 0) is 25.0 Å². The van der Waals surface area contributed by atoms with Crippen molar-refractivity contribution < 1.29 is 36.9 Å². The lowest BCUT2D eigenvalue weighted by Crippen LogP contribution is -2.55. The fourth-order valence-corrected chi connectivity index (χ4v) is 3.98. The molecule has 0 unspecified atom stereocenters. The number of hydrogen-bond acceptors (Lipinski definition) is 7. The maximum Gasteiger partial charge on any atom is 0.490 e. The van der Waals surface area contributed by atoms with Gasteiger partial charge in [0.2, 0.25) is 5.95 Å². The third-order valence-corrected chi connectivity index (χ3v) is 5.53. The molecule has 2 aromatic heterocycles. The Morgan fingerprint density at radius 3 is 2.64 bits per heavy atom. The third-order valence-electron chi connectivity index (χ3n) is 5.53. The van der Waals surface area contributed by atoms with Gasteiger partial charge < -0.3 is 19.5 Å². The molecule has 2 fully saturated rings. The number of rotatable bonds is 5. The number of alkyl halides is 3. The lowest BCUT2D eigenvalue weighted by Gasteiger charge is -2.44. The molecule has 2 aromatic rings. The Balaban J connectivity index is 0.000000383. The van der Waals surface area contributed by atoms with E-state index >= 15 is 0 Å². The number of hydrogen-bond donors (Lipinski definition) is 1. The summed E-state index contributed by atoms with van der Waals surface area (Å²) in [4.78, 5) is 23.5. The van der Waals surface area contributed by atoms with Crippen molar-refractivity contribution in [3.8, 4) is 0 Å². The number of carbonyl (C=O) groups is 1. The SMILES string of the molecule is Fc1cnc(N2CCO[C@]3(CCC[C@H]3COCc3ccccn3)C2)nc1.O=C(O)C(F)(F)F. The average Bonchev–Trinajstić information content (AvgIpc) is 3.16. The molecule has 0 aromatic carbocycles. The summed E-state index contributed by atoms with van der Waals surface area (Å²) in [6.07, 6.45) is 2.33. The zero-order valence-electron chi connectivity index (χ0n) is 17.7. The van der Waals surface area contributed by atoms with Crippen molar-refractivity contribution in [2.24, 2.45) is 5.92 Å². The van der Waals surface area contributed by atoms with Crippen molar-refractivity contribution in [1.29, 1.82) is 0 Å². The second-order valence-corrected chi connectivity index (χ2v) is 7.76. The van der Waals surface area contributed by atoms with E-state index in [0.717, 1.165) is 38.0 Å². The van der Waals surface area contributed by atoms with Crippen LogP contribution in [0.3, 0.4) is 0 Å². The highest BCUT2D eigenvalue weighted by Gasteiger charge is 2.47. The van der Waals surface area contributed by atoms with Crippen molar-refractivity contribution in [2.75, 3.05) is 31.2 Å². The minimum absolute atomic E-state index is 0.236. The normalized spacial score (nSPS) is 22.7. The molecule has 4 rings (SSSR count). The van der Waals surface area contributed by atoms with Gasteiger partial charge in [-0.3, -0.25) is 4.98 Å². The van der Waals surface area contributed by atoms with E-state index in [9.17, 15) is 17.6 Å². The summed E-state index contributed by atoms with van der Waals surface area (Å²) < 4.78 is 57.0. The fourth-order valence-electron chi connectivity index (χ4n) is 3.98. The molecule has 1 N–H and O–H groups in total. The monoisotopic (exact) mass is 472 g/mol. The van der Waals surface area contributed by atoms with E-state index in [1.165, 1.54) is 12.4 Å². The van der Waals surface area contributed by atoms with Gasteiger partial charge in [0, 0.05) is 18.7 Å². The number of carboxylic acids is 1. The van der Waals surface area contributed by atoms with Crippen LogP contribution in [0.25, 0.3) is 0 Å². The van der Waals surface area contributed by atoms with Gasteiger partial charge >= 0.3 is 12.1 Å². The predicted molar refractivity (Wildman–Crippen MR) is 108 cm³/mol. The second kappa shape index (κ2) is 10.8. The Morgan fingerprint density at radius 1 is 1.27 bits per heavy atom. The van der Waals surface area contributed by atoms with Gasteiger partial charge in [0.15, 0.2) is 5.82 Å². The number of halogens is 4. The quantitative estimate of drug-likeness (QED) is 0.663. The first kappa shape index (κ1) is 24.8. The maximum absolute atomic E-state index is 13.1. The van der Waals surface area contributed by atoms with Gasteiger partial charge in [-0.1, -0.05) is 12.5 Å². The molecule has 33 heavy (non-hydrogen) atoms. The van der Waals surface area contributed by atoms with Crippen LogP contribution in [0.1, 0.15) is 25.0 Å². The summed E-state index contributed by atoms with van der Waals surface area (Å²) in [5.74, 6) is -2.28. The molecule has 0 amide bonds. The van der Waals surface area contributed by atoms with Crippen LogP contribution in [-0.2, 0) is 20.9 Å². The van der Waals surface area contributed by atoms with Gasteiger partial charge in [-0.2, -0.15) is 13.2 Å². The Bertz CT molecular complexity index is 901. The Kier molecular flexibility index (Phi) is 8.14. The molecule has 180 valence electrons. The Hall–Kier alpha value is -2.86. The summed E-state index contributed by atoms with van der Waals surface area (Å²) >= 11 is 0. The molecule has 1 aliphatic heterocycles.